The average Bonchev–Trinajstić information content (AvgIpc) is 3.17. The number of hydrogen-bond donors (Lipinski definition) is 1. The molecule has 1 aliphatic heterocycles. The van der Waals surface area contributed by atoms with E-state index in [2.05, 4.69) is 10.2 Å². The van der Waals surface area contributed by atoms with Gasteiger partial charge in [-0.05, 0) is 61.7 Å². The summed E-state index contributed by atoms with van der Waals surface area (Å²) in [5.41, 5.74) is 3.42. The largest absolute Gasteiger partial charge is 0.372 e. The molecule has 142 valence electrons. The van der Waals surface area contributed by atoms with Gasteiger partial charge in [-0.2, -0.15) is 0 Å². The second-order valence-corrected chi connectivity index (χ2v) is 7.26. The van der Waals surface area contributed by atoms with Gasteiger partial charge in [0.2, 0.25) is 11.8 Å². The van der Waals surface area contributed by atoms with Crippen molar-refractivity contribution in [2.24, 2.45) is 0 Å². The van der Waals surface area contributed by atoms with Crippen molar-refractivity contribution in [3.05, 3.63) is 53.1 Å². The monoisotopic (exact) mass is 385 g/mol. The third kappa shape index (κ3) is 4.80. The van der Waals surface area contributed by atoms with Gasteiger partial charge in [-0.25, -0.2) is 0 Å². The molecule has 0 atom stereocenters. The van der Waals surface area contributed by atoms with E-state index in [-0.39, 0.29) is 18.4 Å². The third-order valence-electron chi connectivity index (χ3n) is 4.77. The molecule has 3 rings (SSSR count). The molecule has 1 saturated heterocycles. The van der Waals surface area contributed by atoms with Crippen LogP contribution in [0.4, 0.5) is 17.1 Å². The van der Waals surface area contributed by atoms with Gasteiger partial charge in [0, 0.05) is 42.1 Å². The maximum Gasteiger partial charge on any atom is 0.244 e. The van der Waals surface area contributed by atoms with Crippen LogP contribution in [-0.4, -0.2) is 31.4 Å². The van der Waals surface area contributed by atoms with Crippen LogP contribution < -0.4 is 15.1 Å². The van der Waals surface area contributed by atoms with Gasteiger partial charge in [-0.3, -0.25) is 9.59 Å². The standard InChI is InChI=1S/C21H24ClN3O2/c1-15-5-6-17(22)13-20(15)25(16(2)26)14-21(27)23-18-7-9-19(10-8-18)24-11-3-4-12-24/h5-10,13H,3-4,11-12,14H2,1-2H3,(H,23,27). The van der Waals surface area contributed by atoms with Gasteiger partial charge in [0.15, 0.2) is 0 Å². The quantitative estimate of drug-likeness (QED) is 0.837. The summed E-state index contributed by atoms with van der Waals surface area (Å²) < 4.78 is 0. The predicted molar refractivity (Wildman–Crippen MR) is 111 cm³/mol. The lowest BCUT2D eigenvalue weighted by Crippen LogP contribution is -2.37. The number of aryl methyl sites for hydroxylation is 1. The Morgan fingerprint density at radius 3 is 2.41 bits per heavy atom. The molecule has 6 heteroatoms. The summed E-state index contributed by atoms with van der Waals surface area (Å²) >= 11 is 6.06. The molecule has 0 unspecified atom stereocenters. The number of nitrogens with one attached hydrogen (secondary N) is 1. The molecule has 2 aromatic rings. The van der Waals surface area contributed by atoms with Gasteiger partial charge < -0.3 is 15.1 Å². The zero-order valence-corrected chi connectivity index (χ0v) is 16.4. The minimum Gasteiger partial charge on any atom is -0.372 e. The van der Waals surface area contributed by atoms with Crippen LogP contribution >= 0.6 is 11.6 Å². The maximum absolute atomic E-state index is 12.5. The lowest BCUT2D eigenvalue weighted by molar-refractivity contribution is -0.120. The van der Waals surface area contributed by atoms with Crippen molar-refractivity contribution in [2.45, 2.75) is 26.7 Å². The Kier molecular flexibility index (Phi) is 6.01. The van der Waals surface area contributed by atoms with Crippen LogP contribution in [-0.2, 0) is 9.59 Å². The van der Waals surface area contributed by atoms with E-state index in [0.717, 1.165) is 18.7 Å². The Hall–Kier alpha value is -2.53. The van der Waals surface area contributed by atoms with Crippen molar-refractivity contribution in [1.82, 2.24) is 0 Å². The van der Waals surface area contributed by atoms with Crippen molar-refractivity contribution in [1.29, 1.82) is 0 Å². The molecule has 5 nitrogen and oxygen atoms in total. The molecule has 1 aliphatic rings. The fraction of sp³-hybridized carbons (Fsp3) is 0.333. The molecular formula is C21H24ClN3O2. The molecule has 0 saturated carbocycles. The van der Waals surface area contributed by atoms with Crippen LogP contribution in [0.25, 0.3) is 0 Å². The fourth-order valence-corrected chi connectivity index (χ4v) is 3.48. The van der Waals surface area contributed by atoms with Crippen LogP contribution in [0.15, 0.2) is 42.5 Å². The Labute approximate surface area is 164 Å². The summed E-state index contributed by atoms with van der Waals surface area (Å²) in [6.45, 7) is 5.43. The number of benzene rings is 2. The molecule has 1 fully saturated rings. The number of anilines is 3. The average molecular weight is 386 g/mol. The van der Waals surface area contributed by atoms with E-state index < -0.39 is 0 Å². The molecule has 0 aromatic heterocycles. The van der Waals surface area contributed by atoms with Gasteiger partial charge in [0.25, 0.3) is 0 Å². The van der Waals surface area contributed by atoms with Crippen LogP contribution in [0, 0.1) is 6.92 Å². The normalized spacial score (nSPS) is 13.5. The van der Waals surface area contributed by atoms with Gasteiger partial charge in [0.05, 0.1) is 0 Å². The first-order valence-electron chi connectivity index (χ1n) is 9.13. The minimum absolute atomic E-state index is 0.0651. The lowest BCUT2D eigenvalue weighted by Gasteiger charge is -2.23. The van der Waals surface area contributed by atoms with Crippen LogP contribution in [0.5, 0.6) is 0 Å². The van der Waals surface area contributed by atoms with E-state index >= 15 is 0 Å². The van der Waals surface area contributed by atoms with Crippen molar-refractivity contribution < 1.29 is 9.59 Å². The molecule has 0 aliphatic carbocycles. The van der Waals surface area contributed by atoms with Gasteiger partial charge >= 0.3 is 0 Å². The van der Waals surface area contributed by atoms with Gasteiger partial charge in [-0.1, -0.05) is 17.7 Å². The topological polar surface area (TPSA) is 52.7 Å². The van der Waals surface area contributed by atoms with E-state index in [1.54, 1.807) is 12.1 Å². The molecule has 2 amide bonds. The minimum atomic E-state index is -0.251. The predicted octanol–water partition coefficient (Wildman–Crippen LogP) is 4.24. The summed E-state index contributed by atoms with van der Waals surface area (Å²) in [7, 11) is 0. The van der Waals surface area contributed by atoms with E-state index in [1.165, 1.54) is 30.4 Å². The molecular weight excluding hydrogens is 362 g/mol. The SMILES string of the molecule is CC(=O)N(CC(=O)Nc1ccc(N2CCCC2)cc1)c1cc(Cl)ccc1C. The van der Waals surface area contributed by atoms with Crippen molar-refractivity contribution in [3.8, 4) is 0 Å². The molecule has 0 spiro atoms. The maximum atomic E-state index is 12.5. The summed E-state index contributed by atoms with van der Waals surface area (Å²) in [5.74, 6) is -0.460. The molecule has 0 radical (unpaired) electrons. The first-order chi connectivity index (χ1) is 12.9. The number of rotatable bonds is 5. The van der Waals surface area contributed by atoms with Crippen LogP contribution in [0.2, 0.25) is 5.02 Å². The Balaban J connectivity index is 1.67. The smallest absolute Gasteiger partial charge is 0.244 e. The molecule has 27 heavy (non-hydrogen) atoms. The second-order valence-electron chi connectivity index (χ2n) is 6.83. The Morgan fingerprint density at radius 2 is 1.78 bits per heavy atom. The number of amides is 2. The highest BCUT2D eigenvalue weighted by Gasteiger charge is 2.18. The zero-order chi connectivity index (χ0) is 19.4. The van der Waals surface area contributed by atoms with E-state index in [0.29, 0.717) is 16.4 Å². The van der Waals surface area contributed by atoms with E-state index in [9.17, 15) is 9.59 Å². The zero-order valence-electron chi connectivity index (χ0n) is 15.7. The molecule has 1 heterocycles. The number of halogens is 1. The third-order valence-corrected chi connectivity index (χ3v) is 5.00. The van der Waals surface area contributed by atoms with E-state index in [1.807, 2.05) is 37.3 Å². The summed E-state index contributed by atoms with van der Waals surface area (Å²) in [5, 5.41) is 3.39. The summed E-state index contributed by atoms with van der Waals surface area (Å²) in [6.07, 6.45) is 2.45. The summed E-state index contributed by atoms with van der Waals surface area (Å²) in [4.78, 5) is 28.4. The highest BCUT2D eigenvalue weighted by atomic mass is 35.5. The molecule has 0 bridgehead atoms. The number of nitrogens with zero attached hydrogens (tertiary/aromatic N) is 2. The Bertz CT molecular complexity index is 830. The van der Waals surface area contributed by atoms with Gasteiger partial charge in [-0.15, -0.1) is 0 Å². The second kappa shape index (κ2) is 8.44. The van der Waals surface area contributed by atoms with Gasteiger partial charge in [0.1, 0.15) is 6.54 Å². The first-order valence-corrected chi connectivity index (χ1v) is 9.51. The van der Waals surface area contributed by atoms with Crippen molar-refractivity contribution in [2.75, 3.05) is 34.8 Å². The van der Waals surface area contributed by atoms with E-state index in [4.69, 9.17) is 11.6 Å². The first kappa shape index (κ1) is 19.2. The Morgan fingerprint density at radius 1 is 1.11 bits per heavy atom. The molecule has 2 aromatic carbocycles. The van der Waals surface area contributed by atoms with Crippen LogP contribution in [0.3, 0.4) is 0 Å². The highest BCUT2D eigenvalue weighted by molar-refractivity contribution is 6.31. The lowest BCUT2D eigenvalue weighted by atomic mass is 10.1. The van der Waals surface area contributed by atoms with Crippen LogP contribution in [0.1, 0.15) is 25.3 Å². The molecule has 1 N–H and O–H groups in total. The number of hydrogen-bond acceptors (Lipinski definition) is 3. The fourth-order valence-electron chi connectivity index (χ4n) is 3.31. The highest BCUT2D eigenvalue weighted by Crippen LogP contribution is 2.25. The van der Waals surface area contributed by atoms with Crippen molar-refractivity contribution >= 4 is 40.5 Å². The van der Waals surface area contributed by atoms with Crippen molar-refractivity contribution in [3.63, 3.8) is 0 Å². The summed E-state index contributed by atoms with van der Waals surface area (Å²) in [6, 6.07) is 13.1. The number of carbonyl (C=O) groups is 2. The number of carbonyl (C=O) groups excluding carboxylic acids is 2.